The van der Waals surface area contributed by atoms with Gasteiger partial charge in [0.15, 0.2) is 0 Å². The third kappa shape index (κ3) is 3.76. The summed E-state index contributed by atoms with van der Waals surface area (Å²) in [5.74, 6) is -0.283. The van der Waals surface area contributed by atoms with E-state index in [1.165, 1.54) is 12.1 Å². The summed E-state index contributed by atoms with van der Waals surface area (Å²) in [7, 11) is 0. The van der Waals surface area contributed by atoms with E-state index in [1.54, 1.807) is 17.0 Å². The third-order valence-corrected chi connectivity index (χ3v) is 5.55. The van der Waals surface area contributed by atoms with Crippen molar-refractivity contribution >= 4 is 17.4 Å². The Morgan fingerprint density at radius 3 is 2.72 bits per heavy atom. The van der Waals surface area contributed by atoms with E-state index in [9.17, 15) is 14.0 Å². The molecule has 0 saturated carbocycles. The molecule has 2 aromatic rings. The number of H-pyrrole nitrogens is 1. The van der Waals surface area contributed by atoms with E-state index < -0.39 is 5.92 Å². The number of halogens is 1. The van der Waals surface area contributed by atoms with Crippen molar-refractivity contribution in [3.05, 3.63) is 51.8 Å². The molecule has 1 unspecified atom stereocenters. The Balaban J connectivity index is 1.69. The lowest BCUT2D eigenvalue weighted by Gasteiger charge is -2.29. The maximum Gasteiger partial charge on any atom is 0.253 e. The van der Waals surface area contributed by atoms with Crippen LogP contribution in [-0.2, 0) is 16.0 Å². The molecule has 1 aromatic heterocycles. The molecule has 2 aliphatic rings. The van der Waals surface area contributed by atoms with Crippen LogP contribution in [0.5, 0.6) is 0 Å². The predicted octanol–water partition coefficient (Wildman–Crippen LogP) is 2.07. The van der Waals surface area contributed by atoms with E-state index in [-0.39, 0.29) is 23.2 Å². The van der Waals surface area contributed by atoms with E-state index in [2.05, 4.69) is 9.97 Å². The number of anilines is 2. The zero-order valence-corrected chi connectivity index (χ0v) is 16.7. The van der Waals surface area contributed by atoms with E-state index in [0.29, 0.717) is 62.2 Å². The van der Waals surface area contributed by atoms with Gasteiger partial charge in [0.05, 0.1) is 19.1 Å². The number of amides is 1. The molecule has 29 heavy (non-hydrogen) atoms. The Morgan fingerprint density at radius 1 is 1.24 bits per heavy atom. The Bertz CT molecular complexity index is 969. The molecule has 1 atom stereocenters. The first kappa shape index (κ1) is 19.6. The van der Waals surface area contributed by atoms with Gasteiger partial charge in [-0.15, -0.1) is 0 Å². The Hall–Kier alpha value is -2.74. The number of carbonyl (C=O) groups is 1. The van der Waals surface area contributed by atoms with Gasteiger partial charge in [-0.2, -0.15) is 0 Å². The summed E-state index contributed by atoms with van der Waals surface area (Å²) in [6.45, 7) is 6.72. The molecule has 7 nitrogen and oxygen atoms in total. The summed E-state index contributed by atoms with van der Waals surface area (Å²) >= 11 is 0. The topological polar surface area (TPSA) is 78.5 Å². The van der Waals surface area contributed by atoms with Crippen LogP contribution in [0.25, 0.3) is 0 Å². The molecule has 0 bridgehead atoms. The average Bonchev–Trinajstić information content (AvgIpc) is 3.13. The first-order chi connectivity index (χ1) is 14.0. The van der Waals surface area contributed by atoms with Crippen LogP contribution in [0.4, 0.5) is 15.9 Å². The van der Waals surface area contributed by atoms with Crippen LogP contribution in [0.3, 0.4) is 0 Å². The Labute approximate surface area is 168 Å². The molecule has 0 radical (unpaired) electrons. The van der Waals surface area contributed by atoms with Crippen LogP contribution in [0.1, 0.15) is 31.2 Å². The summed E-state index contributed by atoms with van der Waals surface area (Å²) in [5.41, 5.74) is 0.877. The second-order valence-corrected chi connectivity index (χ2v) is 7.79. The van der Waals surface area contributed by atoms with Gasteiger partial charge in [0, 0.05) is 37.0 Å². The van der Waals surface area contributed by atoms with Gasteiger partial charge in [-0.3, -0.25) is 9.59 Å². The molecule has 8 heteroatoms. The second-order valence-electron chi connectivity index (χ2n) is 7.79. The number of rotatable bonds is 4. The van der Waals surface area contributed by atoms with Crippen LogP contribution < -0.4 is 15.4 Å². The molecular formula is C21H25FN4O3. The van der Waals surface area contributed by atoms with Gasteiger partial charge in [-0.25, -0.2) is 9.37 Å². The molecule has 1 fully saturated rings. The van der Waals surface area contributed by atoms with Gasteiger partial charge in [-0.05, 0) is 24.5 Å². The van der Waals surface area contributed by atoms with Crippen molar-refractivity contribution in [3.63, 3.8) is 0 Å². The zero-order chi connectivity index (χ0) is 20.5. The number of fused-ring (bicyclic) bond motifs is 1. The number of nitrogens with zero attached hydrogens (tertiary/aromatic N) is 3. The number of nitrogens with one attached hydrogen (secondary N) is 1. The third-order valence-electron chi connectivity index (χ3n) is 5.55. The molecule has 154 valence electrons. The number of ether oxygens (including phenoxy) is 1. The first-order valence-corrected chi connectivity index (χ1v) is 9.98. The monoisotopic (exact) mass is 400 g/mol. The summed E-state index contributed by atoms with van der Waals surface area (Å²) in [6, 6.07) is 6.25. The average molecular weight is 400 g/mol. The number of carbonyl (C=O) groups excluding carboxylic acids is 1. The Morgan fingerprint density at radius 2 is 2.00 bits per heavy atom. The van der Waals surface area contributed by atoms with Crippen LogP contribution in [0, 0.1) is 11.7 Å². The normalized spacial score (nSPS) is 17.5. The van der Waals surface area contributed by atoms with Crippen LogP contribution in [0.2, 0.25) is 0 Å². The van der Waals surface area contributed by atoms with Gasteiger partial charge in [0.1, 0.15) is 17.5 Å². The minimum Gasteiger partial charge on any atom is -0.378 e. The molecule has 2 aliphatic heterocycles. The van der Waals surface area contributed by atoms with E-state index in [4.69, 9.17) is 4.74 Å². The van der Waals surface area contributed by atoms with Gasteiger partial charge in [0.2, 0.25) is 5.91 Å². The minimum absolute atomic E-state index is 0.0943. The molecule has 3 heterocycles. The van der Waals surface area contributed by atoms with E-state index in [1.807, 2.05) is 18.7 Å². The van der Waals surface area contributed by atoms with Crippen molar-refractivity contribution in [2.45, 2.75) is 26.2 Å². The predicted molar refractivity (Wildman–Crippen MR) is 108 cm³/mol. The summed E-state index contributed by atoms with van der Waals surface area (Å²) in [6.07, 6.45) is 0.482. The number of aromatic nitrogens is 2. The number of aromatic amines is 1. The molecular weight excluding hydrogens is 375 g/mol. The summed E-state index contributed by atoms with van der Waals surface area (Å²) in [4.78, 5) is 36.8. The smallest absolute Gasteiger partial charge is 0.253 e. The molecule has 1 amide bonds. The van der Waals surface area contributed by atoms with Crippen LogP contribution in [-0.4, -0.2) is 48.7 Å². The number of hydrogen-bond donors (Lipinski definition) is 1. The summed E-state index contributed by atoms with van der Waals surface area (Å²) < 4.78 is 19.5. The fourth-order valence-electron chi connectivity index (χ4n) is 4.07. The maximum atomic E-state index is 14.1. The SMILES string of the molecule is CC(C)C(C(=O)N1CCc2c(F)cccc21)c1nc(N2CCOCC2)cc(=O)[nH]1. The number of morpholine rings is 1. The quantitative estimate of drug-likeness (QED) is 0.850. The largest absolute Gasteiger partial charge is 0.378 e. The number of hydrogen-bond acceptors (Lipinski definition) is 5. The highest BCUT2D eigenvalue weighted by Crippen LogP contribution is 2.34. The van der Waals surface area contributed by atoms with Gasteiger partial charge < -0.3 is 19.5 Å². The van der Waals surface area contributed by atoms with Crippen molar-refractivity contribution in [1.82, 2.24) is 9.97 Å². The lowest BCUT2D eigenvalue weighted by Crippen LogP contribution is -2.39. The van der Waals surface area contributed by atoms with Gasteiger partial charge in [-0.1, -0.05) is 19.9 Å². The van der Waals surface area contributed by atoms with E-state index in [0.717, 1.165) is 0 Å². The highest BCUT2D eigenvalue weighted by molar-refractivity contribution is 5.99. The van der Waals surface area contributed by atoms with Gasteiger partial charge in [0.25, 0.3) is 5.56 Å². The van der Waals surface area contributed by atoms with Crippen molar-refractivity contribution in [1.29, 1.82) is 0 Å². The van der Waals surface area contributed by atoms with E-state index >= 15 is 0 Å². The molecule has 1 N–H and O–H groups in total. The molecule has 4 rings (SSSR count). The minimum atomic E-state index is -0.627. The molecule has 0 aliphatic carbocycles. The molecule has 1 saturated heterocycles. The number of benzene rings is 1. The lowest BCUT2D eigenvalue weighted by molar-refractivity contribution is -0.121. The Kier molecular flexibility index (Phi) is 5.36. The summed E-state index contributed by atoms with van der Waals surface area (Å²) in [5, 5.41) is 0. The van der Waals surface area contributed by atoms with Crippen molar-refractivity contribution < 1.29 is 13.9 Å². The highest BCUT2D eigenvalue weighted by atomic mass is 19.1. The fraction of sp³-hybridized carbons (Fsp3) is 0.476. The molecule has 0 spiro atoms. The zero-order valence-electron chi connectivity index (χ0n) is 16.7. The van der Waals surface area contributed by atoms with Crippen LogP contribution >= 0.6 is 0 Å². The lowest BCUT2D eigenvalue weighted by atomic mass is 9.93. The maximum absolute atomic E-state index is 14.1. The van der Waals surface area contributed by atoms with Crippen molar-refractivity contribution in [2.75, 3.05) is 42.6 Å². The van der Waals surface area contributed by atoms with Crippen LogP contribution in [0.15, 0.2) is 29.1 Å². The fourth-order valence-corrected chi connectivity index (χ4v) is 4.07. The molecule has 1 aromatic carbocycles. The van der Waals surface area contributed by atoms with Crippen molar-refractivity contribution in [3.8, 4) is 0 Å². The van der Waals surface area contributed by atoms with Gasteiger partial charge >= 0.3 is 0 Å². The second kappa shape index (κ2) is 7.94. The standard InChI is InChI=1S/C21H25FN4O3/c1-13(2)19(21(28)26-7-6-14-15(22)4-3-5-16(14)26)20-23-17(12-18(27)24-20)25-8-10-29-11-9-25/h3-5,12-13,19H,6-11H2,1-2H3,(H,23,24,27). The van der Waals surface area contributed by atoms with Crippen molar-refractivity contribution in [2.24, 2.45) is 5.92 Å². The first-order valence-electron chi connectivity index (χ1n) is 9.98. The highest BCUT2D eigenvalue weighted by Gasteiger charge is 2.35.